The minimum Gasteiger partial charge on any atom is -0.373 e. The fourth-order valence-corrected chi connectivity index (χ4v) is 4.82. The highest BCUT2D eigenvalue weighted by molar-refractivity contribution is 6.51. The summed E-state index contributed by atoms with van der Waals surface area (Å²) in [6.45, 7) is 3.11. The second kappa shape index (κ2) is 4.29. The minimum absolute atomic E-state index is 0.532. The number of fused-ring (bicyclic) bond motifs is 1. The van der Waals surface area contributed by atoms with E-state index in [4.69, 9.17) is 18.6 Å². The third-order valence-corrected chi connectivity index (χ3v) is 6.40. The third kappa shape index (κ3) is 2.57. The van der Waals surface area contributed by atoms with Crippen molar-refractivity contribution in [1.82, 2.24) is 0 Å². The van der Waals surface area contributed by atoms with Gasteiger partial charge in [0.25, 0.3) is 0 Å². The van der Waals surface area contributed by atoms with Crippen LogP contribution in [0.3, 0.4) is 0 Å². The fraction of sp³-hybridized carbons (Fsp3) is 1.00. The number of unbranched alkanes of at least 4 members (excludes halogenated alkanes) is 1. The van der Waals surface area contributed by atoms with Gasteiger partial charge in [-0.2, -0.15) is 0 Å². The molecule has 3 rings (SSSR count). The lowest BCUT2D eigenvalue weighted by molar-refractivity contribution is -0.229. The maximum absolute atomic E-state index is 9.36. The molecule has 2 unspecified atom stereocenters. The molecule has 3 aliphatic rings. The summed E-state index contributed by atoms with van der Waals surface area (Å²) in [5.41, 5.74) is 0. The van der Waals surface area contributed by atoms with Gasteiger partial charge >= 0.3 is 11.9 Å². The van der Waals surface area contributed by atoms with Crippen LogP contribution in [0.2, 0.25) is 12.1 Å². The maximum Gasteiger partial charge on any atom is 0.376 e. The summed E-state index contributed by atoms with van der Waals surface area (Å²) >= 11 is 0. The lowest BCUT2D eigenvalue weighted by Crippen LogP contribution is -2.23. The molecule has 0 aromatic rings. The third-order valence-electron chi connectivity index (χ3n) is 3.49. The molecule has 0 aromatic heterocycles. The summed E-state index contributed by atoms with van der Waals surface area (Å²) < 4.78 is 20.9. The molecule has 98 valence electrons. The molecule has 0 radical (unpaired) electrons. The number of epoxide rings is 3. The first-order valence-corrected chi connectivity index (χ1v) is 8.70. The first kappa shape index (κ1) is 12.1. The van der Waals surface area contributed by atoms with E-state index in [1.807, 2.05) is 0 Å². The van der Waals surface area contributed by atoms with Crippen LogP contribution in [0, 0.1) is 0 Å². The van der Waals surface area contributed by atoms with Crippen molar-refractivity contribution in [2.75, 3.05) is 6.61 Å². The zero-order valence-electron chi connectivity index (χ0n) is 10.2. The highest BCUT2D eigenvalue weighted by atomic mass is 28.3. The van der Waals surface area contributed by atoms with E-state index >= 15 is 0 Å². The Balaban J connectivity index is 1.34. The zero-order chi connectivity index (χ0) is 11.9. The number of aliphatic hydroxyl groups is 1. The van der Waals surface area contributed by atoms with Crippen LogP contribution >= 0.6 is 0 Å². The average molecular weight is 260 g/mol. The molecule has 1 N–H and O–H groups in total. The Bertz CT molecular complexity index is 288. The van der Waals surface area contributed by atoms with Gasteiger partial charge in [0.2, 0.25) is 0 Å². The molecule has 17 heavy (non-hydrogen) atoms. The molecule has 5 nitrogen and oxygen atoms in total. The zero-order valence-corrected chi connectivity index (χ0v) is 11.3. The molecule has 0 amide bonds. The Morgan fingerprint density at radius 1 is 1.35 bits per heavy atom. The van der Waals surface area contributed by atoms with Crippen molar-refractivity contribution < 1.29 is 23.7 Å². The number of hydrogen-bond donors (Lipinski definition) is 1. The van der Waals surface area contributed by atoms with Crippen molar-refractivity contribution in [3.8, 4) is 0 Å². The van der Waals surface area contributed by atoms with Gasteiger partial charge in [-0.3, -0.25) is 9.47 Å². The van der Waals surface area contributed by atoms with Crippen LogP contribution in [0.25, 0.3) is 0 Å². The van der Waals surface area contributed by atoms with E-state index in [9.17, 15) is 5.11 Å². The molecular formula is C11H20O5Si. The van der Waals surface area contributed by atoms with Crippen molar-refractivity contribution in [3.05, 3.63) is 0 Å². The van der Waals surface area contributed by atoms with Gasteiger partial charge in [0.05, 0.1) is 12.7 Å². The van der Waals surface area contributed by atoms with Gasteiger partial charge in [-0.25, -0.2) is 0 Å². The van der Waals surface area contributed by atoms with E-state index in [2.05, 4.69) is 6.92 Å². The fourth-order valence-electron chi connectivity index (χ4n) is 2.23. The Labute approximate surface area is 103 Å². The van der Waals surface area contributed by atoms with Crippen LogP contribution in [-0.2, 0) is 18.6 Å². The summed E-state index contributed by atoms with van der Waals surface area (Å²) in [5, 5.41) is 9.36. The molecule has 0 aromatic carbocycles. The smallest absolute Gasteiger partial charge is 0.373 e. The van der Waals surface area contributed by atoms with Crippen LogP contribution in [0.4, 0.5) is 0 Å². The van der Waals surface area contributed by atoms with E-state index in [1.54, 1.807) is 0 Å². The summed E-state index contributed by atoms with van der Waals surface area (Å²) in [6.07, 6.45) is 5.22. The first-order valence-electron chi connectivity index (χ1n) is 6.59. The van der Waals surface area contributed by atoms with Gasteiger partial charge in [-0.1, -0.05) is 26.2 Å². The van der Waals surface area contributed by atoms with Crippen LogP contribution in [0.1, 0.15) is 32.6 Å². The van der Waals surface area contributed by atoms with E-state index in [0.717, 1.165) is 25.1 Å². The topological polar surface area (TPSA) is 67.0 Å². The lowest BCUT2D eigenvalue weighted by Gasteiger charge is -2.14. The van der Waals surface area contributed by atoms with Crippen molar-refractivity contribution in [2.45, 2.75) is 62.7 Å². The minimum atomic E-state index is -1.37. The first-order chi connectivity index (χ1) is 8.17. The van der Waals surface area contributed by atoms with Gasteiger partial charge in [0.15, 0.2) is 9.04 Å². The van der Waals surface area contributed by atoms with E-state index < -0.39 is 21.0 Å². The molecule has 0 saturated carbocycles. The molecule has 3 heterocycles. The van der Waals surface area contributed by atoms with E-state index in [-0.39, 0.29) is 0 Å². The second-order valence-electron chi connectivity index (χ2n) is 5.11. The number of hydrogen-bond acceptors (Lipinski definition) is 5. The Morgan fingerprint density at radius 3 is 2.59 bits per heavy atom. The monoisotopic (exact) mass is 260 g/mol. The van der Waals surface area contributed by atoms with Crippen LogP contribution in [0.15, 0.2) is 0 Å². The van der Waals surface area contributed by atoms with Crippen molar-refractivity contribution in [2.24, 2.45) is 0 Å². The molecule has 0 spiro atoms. The Morgan fingerprint density at radius 2 is 2.06 bits per heavy atom. The Kier molecular flexibility index (Phi) is 3.05. The van der Waals surface area contributed by atoms with Gasteiger partial charge in [0.1, 0.15) is 0 Å². The molecular weight excluding hydrogens is 240 g/mol. The second-order valence-corrected chi connectivity index (χ2v) is 7.74. The Hall–Kier alpha value is 0.0169. The lowest BCUT2D eigenvalue weighted by atomic mass is 10.2. The molecule has 0 bridgehead atoms. The van der Waals surface area contributed by atoms with Crippen LogP contribution in [0.5, 0.6) is 0 Å². The van der Waals surface area contributed by atoms with E-state index in [0.29, 0.717) is 6.10 Å². The summed E-state index contributed by atoms with van der Waals surface area (Å²) in [4.78, 5) is 0. The predicted molar refractivity (Wildman–Crippen MR) is 61.6 cm³/mol. The number of rotatable bonds is 9. The van der Waals surface area contributed by atoms with Gasteiger partial charge in [-0.05, 0) is 18.5 Å². The van der Waals surface area contributed by atoms with Gasteiger partial charge in [0, 0.05) is 0 Å². The molecule has 0 aliphatic carbocycles. The van der Waals surface area contributed by atoms with Crippen LogP contribution in [-0.4, -0.2) is 38.8 Å². The highest BCUT2D eigenvalue weighted by Crippen LogP contribution is 2.66. The average Bonchev–Trinajstić information content (AvgIpc) is 3.14. The molecule has 3 aliphatic heterocycles. The SMILES string of the molecule is CCC[SiH](CCCCC1CO1)OC12OC1(O)O2. The van der Waals surface area contributed by atoms with Crippen molar-refractivity contribution >= 4 is 9.04 Å². The van der Waals surface area contributed by atoms with Gasteiger partial charge < -0.3 is 14.3 Å². The molecule has 3 saturated heterocycles. The quantitative estimate of drug-likeness (QED) is 0.381. The number of ether oxygens (including phenoxy) is 3. The largest absolute Gasteiger partial charge is 0.376 e. The van der Waals surface area contributed by atoms with Crippen molar-refractivity contribution in [1.29, 1.82) is 0 Å². The predicted octanol–water partition coefficient (Wildman–Crippen LogP) is 1.07. The maximum atomic E-state index is 9.36. The summed E-state index contributed by atoms with van der Waals surface area (Å²) in [6, 6.07) is 2.25. The summed E-state index contributed by atoms with van der Waals surface area (Å²) in [5.74, 6) is -2.40. The standard InChI is InChI=1S/C11H20O5Si/c1-2-6-17(7-4-3-5-9-8-13-9)16-11-10(12,14-11)15-11/h9,12,17H,2-8H2,1H3. The highest BCUT2D eigenvalue weighted by Gasteiger charge is 2.95. The van der Waals surface area contributed by atoms with Crippen LogP contribution < -0.4 is 0 Å². The summed E-state index contributed by atoms with van der Waals surface area (Å²) in [7, 11) is -1.29. The van der Waals surface area contributed by atoms with Crippen molar-refractivity contribution in [3.63, 3.8) is 0 Å². The molecule has 6 heteroatoms. The normalized spacial score (nSPS) is 43.1. The van der Waals surface area contributed by atoms with E-state index in [1.165, 1.54) is 19.3 Å². The molecule has 2 atom stereocenters. The molecule has 3 fully saturated rings. The van der Waals surface area contributed by atoms with Gasteiger partial charge in [-0.15, -0.1) is 0 Å².